The van der Waals surface area contributed by atoms with Gasteiger partial charge in [0.15, 0.2) is 0 Å². The molecule has 0 saturated carbocycles. The first-order valence-electron chi connectivity index (χ1n) is 8.95. The number of aliphatic hydroxyl groups excluding tert-OH is 1. The third kappa shape index (κ3) is 4.27. The van der Waals surface area contributed by atoms with Crippen LogP contribution in [-0.4, -0.2) is 20.4 Å². The molecule has 0 radical (unpaired) electrons. The first-order chi connectivity index (χ1) is 13.2. The van der Waals surface area contributed by atoms with E-state index in [0.29, 0.717) is 0 Å². The van der Waals surface area contributed by atoms with E-state index in [4.69, 9.17) is 0 Å². The molecule has 27 heavy (non-hydrogen) atoms. The lowest BCUT2D eigenvalue weighted by atomic mass is 10.0. The summed E-state index contributed by atoms with van der Waals surface area (Å²) in [7, 11) is 1.97. The quantitative estimate of drug-likeness (QED) is 0.468. The van der Waals surface area contributed by atoms with Crippen molar-refractivity contribution in [3.05, 3.63) is 72.2 Å². The Hall–Kier alpha value is -2.48. The number of hydrogen-bond acceptors (Lipinski definition) is 6. The fourth-order valence-electron chi connectivity index (χ4n) is 3.16. The Bertz CT molecular complexity index is 898. The molecule has 7 heteroatoms. The maximum absolute atomic E-state index is 9.79. The summed E-state index contributed by atoms with van der Waals surface area (Å²) < 4.78 is 1.94. The van der Waals surface area contributed by atoms with Crippen LogP contribution in [0, 0.1) is 0 Å². The van der Waals surface area contributed by atoms with Gasteiger partial charge in [-0.3, -0.25) is 0 Å². The van der Waals surface area contributed by atoms with Gasteiger partial charge in [0, 0.05) is 29.5 Å². The molecular formula is C20H23N5OS. The van der Waals surface area contributed by atoms with Gasteiger partial charge in [-0.2, -0.15) is 0 Å². The highest BCUT2D eigenvalue weighted by Crippen LogP contribution is 2.32. The van der Waals surface area contributed by atoms with Gasteiger partial charge < -0.3 is 20.4 Å². The summed E-state index contributed by atoms with van der Waals surface area (Å²) in [6, 6.07) is 16.8. The normalized spacial score (nSPS) is 16.6. The zero-order chi connectivity index (χ0) is 18.6. The molecular weight excluding hydrogens is 358 g/mol. The predicted octanol–water partition coefficient (Wildman–Crippen LogP) is 3.68. The van der Waals surface area contributed by atoms with Gasteiger partial charge in [-0.05, 0) is 24.1 Å². The van der Waals surface area contributed by atoms with Crippen LogP contribution in [0.2, 0.25) is 0 Å². The summed E-state index contributed by atoms with van der Waals surface area (Å²) >= 11 is 1.81. The maximum Gasteiger partial charge on any atom is 0.149 e. The number of aliphatic hydroxyl groups is 1. The molecule has 4 N–H and O–H groups in total. The highest BCUT2D eigenvalue weighted by molar-refractivity contribution is 7.99. The molecule has 0 saturated heterocycles. The van der Waals surface area contributed by atoms with E-state index in [-0.39, 0.29) is 6.04 Å². The SMILES string of the molecule is Cn1cnc(NC(CCSc2ccc3c(c2)NNC3O)c2ccccc2)c1. The van der Waals surface area contributed by atoms with Gasteiger partial charge in [-0.1, -0.05) is 36.4 Å². The molecule has 6 nitrogen and oxygen atoms in total. The van der Waals surface area contributed by atoms with Crippen LogP contribution >= 0.6 is 11.8 Å². The van der Waals surface area contributed by atoms with E-state index < -0.39 is 6.23 Å². The zero-order valence-corrected chi connectivity index (χ0v) is 15.9. The molecule has 0 fully saturated rings. The number of hydrazine groups is 1. The van der Waals surface area contributed by atoms with Crippen LogP contribution in [-0.2, 0) is 7.05 Å². The molecule has 0 amide bonds. The second kappa shape index (κ2) is 8.04. The number of imidazole rings is 1. The van der Waals surface area contributed by atoms with E-state index in [1.165, 1.54) is 10.5 Å². The Morgan fingerprint density at radius 2 is 2.11 bits per heavy atom. The van der Waals surface area contributed by atoms with Gasteiger partial charge in [0.2, 0.25) is 0 Å². The smallest absolute Gasteiger partial charge is 0.149 e. The third-order valence-corrected chi connectivity index (χ3v) is 5.59. The van der Waals surface area contributed by atoms with Crippen molar-refractivity contribution in [2.24, 2.45) is 7.05 Å². The van der Waals surface area contributed by atoms with Gasteiger partial charge >= 0.3 is 0 Å². The molecule has 0 bridgehead atoms. The van der Waals surface area contributed by atoms with Crippen molar-refractivity contribution in [2.75, 3.05) is 16.5 Å². The second-order valence-corrected chi connectivity index (χ2v) is 7.76. The van der Waals surface area contributed by atoms with E-state index in [9.17, 15) is 5.11 Å². The molecule has 2 heterocycles. The molecule has 0 aliphatic carbocycles. The number of rotatable bonds is 7. The van der Waals surface area contributed by atoms with Crippen LogP contribution in [0.3, 0.4) is 0 Å². The van der Waals surface area contributed by atoms with Crippen LogP contribution < -0.4 is 16.2 Å². The number of aromatic nitrogens is 2. The lowest BCUT2D eigenvalue weighted by Crippen LogP contribution is -2.17. The zero-order valence-electron chi connectivity index (χ0n) is 15.1. The topological polar surface area (TPSA) is 74.1 Å². The highest BCUT2D eigenvalue weighted by atomic mass is 32.2. The lowest BCUT2D eigenvalue weighted by Gasteiger charge is -2.19. The van der Waals surface area contributed by atoms with Crippen molar-refractivity contribution in [1.82, 2.24) is 15.0 Å². The molecule has 1 aliphatic rings. The fourth-order valence-corrected chi connectivity index (χ4v) is 4.12. The summed E-state index contributed by atoms with van der Waals surface area (Å²) in [4.78, 5) is 5.58. The Balaban J connectivity index is 1.41. The Morgan fingerprint density at radius 3 is 2.89 bits per heavy atom. The Morgan fingerprint density at radius 1 is 1.26 bits per heavy atom. The average Bonchev–Trinajstić information content (AvgIpc) is 3.27. The average molecular weight is 382 g/mol. The van der Waals surface area contributed by atoms with E-state index in [1.54, 1.807) is 6.33 Å². The van der Waals surface area contributed by atoms with Gasteiger partial charge in [0.1, 0.15) is 12.0 Å². The largest absolute Gasteiger partial charge is 0.373 e. The Kier molecular flexibility index (Phi) is 5.33. The van der Waals surface area contributed by atoms with Gasteiger partial charge in [-0.25, -0.2) is 10.4 Å². The summed E-state index contributed by atoms with van der Waals surface area (Å²) in [5.41, 5.74) is 8.92. The summed E-state index contributed by atoms with van der Waals surface area (Å²) in [6.07, 6.45) is 4.13. The van der Waals surface area contributed by atoms with Crippen molar-refractivity contribution in [3.8, 4) is 0 Å². The maximum atomic E-state index is 9.79. The molecule has 1 aromatic heterocycles. The Labute approximate surface area is 163 Å². The summed E-state index contributed by atoms with van der Waals surface area (Å²) in [5.74, 6) is 1.85. The number of nitrogens with zero attached hydrogens (tertiary/aromatic N) is 2. The minimum absolute atomic E-state index is 0.199. The molecule has 2 aromatic carbocycles. The second-order valence-electron chi connectivity index (χ2n) is 6.59. The minimum Gasteiger partial charge on any atom is -0.373 e. The van der Waals surface area contributed by atoms with Crippen LogP contribution in [0.5, 0.6) is 0 Å². The minimum atomic E-state index is -0.635. The van der Waals surface area contributed by atoms with Crippen LogP contribution in [0.15, 0.2) is 66.0 Å². The van der Waals surface area contributed by atoms with E-state index in [0.717, 1.165) is 29.2 Å². The van der Waals surface area contributed by atoms with E-state index >= 15 is 0 Å². The van der Waals surface area contributed by atoms with Crippen molar-refractivity contribution in [1.29, 1.82) is 0 Å². The molecule has 2 atom stereocenters. The standard InChI is InChI=1S/C20H23N5OS/c1-25-12-19(21-13-25)22-17(14-5-3-2-4-6-14)9-10-27-15-7-8-16-18(11-15)23-24-20(16)26/h2-8,11-13,17,20,22-24,26H,9-10H2,1H3. The van der Waals surface area contributed by atoms with Crippen LogP contribution in [0.25, 0.3) is 0 Å². The van der Waals surface area contributed by atoms with Gasteiger partial charge in [0.25, 0.3) is 0 Å². The first-order valence-corrected chi connectivity index (χ1v) is 9.93. The van der Waals surface area contributed by atoms with E-state index in [1.807, 2.05) is 41.7 Å². The number of thioether (sulfide) groups is 1. The molecule has 1 aliphatic heterocycles. The summed E-state index contributed by atoms with van der Waals surface area (Å²) in [6.45, 7) is 0. The van der Waals surface area contributed by atoms with E-state index in [2.05, 4.69) is 57.6 Å². The number of anilines is 2. The number of hydrogen-bond donors (Lipinski definition) is 4. The molecule has 140 valence electrons. The monoisotopic (exact) mass is 381 g/mol. The van der Waals surface area contributed by atoms with Crippen LogP contribution in [0.1, 0.15) is 29.8 Å². The molecule has 0 spiro atoms. The molecule has 2 unspecified atom stereocenters. The van der Waals surface area contributed by atoms with Crippen LogP contribution in [0.4, 0.5) is 11.5 Å². The van der Waals surface area contributed by atoms with Crippen molar-refractivity contribution < 1.29 is 5.11 Å². The fraction of sp³-hybridized carbons (Fsp3) is 0.250. The van der Waals surface area contributed by atoms with Gasteiger partial charge in [0.05, 0.1) is 18.1 Å². The third-order valence-electron chi connectivity index (χ3n) is 4.57. The number of benzene rings is 2. The first kappa shape index (κ1) is 17.9. The highest BCUT2D eigenvalue weighted by Gasteiger charge is 2.19. The van der Waals surface area contributed by atoms with Crippen molar-refractivity contribution >= 4 is 23.3 Å². The number of aryl methyl sites for hydroxylation is 1. The summed E-state index contributed by atoms with van der Waals surface area (Å²) in [5, 5.41) is 13.3. The van der Waals surface area contributed by atoms with Crippen molar-refractivity contribution in [2.45, 2.75) is 23.6 Å². The molecule has 3 aromatic rings. The molecule has 4 rings (SSSR count). The number of nitrogens with one attached hydrogen (secondary N) is 3. The van der Waals surface area contributed by atoms with Gasteiger partial charge in [-0.15, -0.1) is 11.8 Å². The predicted molar refractivity (Wildman–Crippen MR) is 110 cm³/mol. The lowest BCUT2D eigenvalue weighted by molar-refractivity contribution is 0.159. The van der Waals surface area contributed by atoms with Crippen molar-refractivity contribution in [3.63, 3.8) is 0 Å². The number of fused-ring (bicyclic) bond motifs is 1.